The highest BCUT2D eigenvalue weighted by atomic mass is 32.1. The summed E-state index contributed by atoms with van der Waals surface area (Å²) < 4.78 is 2.07. The van der Waals surface area contributed by atoms with Crippen molar-refractivity contribution in [2.24, 2.45) is 0 Å². The molecule has 0 amide bonds. The predicted octanol–water partition coefficient (Wildman–Crippen LogP) is 2.54. The minimum atomic E-state index is -0.107. The van der Waals surface area contributed by atoms with Crippen molar-refractivity contribution in [2.45, 2.75) is 19.0 Å². The molecule has 138 valence electrons. The quantitative estimate of drug-likeness (QED) is 0.664. The highest BCUT2D eigenvalue weighted by molar-refractivity contribution is 7.80. The molecule has 1 aliphatic heterocycles. The first-order chi connectivity index (χ1) is 13.2. The number of aryl methyl sites for hydroxylation is 1. The van der Waals surface area contributed by atoms with Crippen LogP contribution in [0.2, 0.25) is 0 Å². The van der Waals surface area contributed by atoms with Crippen molar-refractivity contribution < 1.29 is 5.11 Å². The van der Waals surface area contributed by atoms with Crippen LogP contribution < -0.4 is 5.32 Å². The van der Waals surface area contributed by atoms with E-state index in [1.165, 1.54) is 0 Å². The number of hydrogen-bond acceptors (Lipinski definition) is 4. The highest BCUT2D eigenvalue weighted by Crippen LogP contribution is 2.39. The van der Waals surface area contributed by atoms with Gasteiger partial charge in [0.25, 0.3) is 0 Å². The molecule has 4 rings (SSSR count). The van der Waals surface area contributed by atoms with Gasteiger partial charge >= 0.3 is 0 Å². The van der Waals surface area contributed by atoms with E-state index in [-0.39, 0.29) is 18.7 Å². The minimum absolute atomic E-state index is 0.0246. The van der Waals surface area contributed by atoms with Crippen molar-refractivity contribution in [1.82, 2.24) is 24.8 Å². The van der Waals surface area contributed by atoms with Gasteiger partial charge < -0.3 is 19.9 Å². The van der Waals surface area contributed by atoms with E-state index in [1.54, 1.807) is 6.20 Å². The van der Waals surface area contributed by atoms with E-state index < -0.39 is 0 Å². The van der Waals surface area contributed by atoms with Crippen LogP contribution in [0, 0.1) is 6.92 Å². The number of nitrogens with zero attached hydrogens (tertiary/aromatic N) is 4. The monoisotopic (exact) mass is 379 g/mol. The van der Waals surface area contributed by atoms with Crippen molar-refractivity contribution in [3.8, 4) is 5.82 Å². The summed E-state index contributed by atoms with van der Waals surface area (Å²) in [5.74, 6) is 0.849. The zero-order valence-electron chi connectivity index (χ0n) is 15.0. The molecular weight excluding hydrogens is 358 g/mol. The maximum Gasteiger partial charge on any atom is 0.170 e. The van der Waals surface area contributed by atoms with E-state index >= 15 is 0 Å². The van der Waals surface area contributed by atoms with E-state index in [0.717, 1.165) is 22.8 Å². The molecule has 27 heavy (non-hydrogen) atoms. The Bertz CT molecular complexity index is 925. The van der Waals surface area contributed by atoms with Crippen molar-refractivity contribution in [2.75, 3.05) is 13.2 Å². The second kappa shape index (κ2) is 7.46. The van der Waals surface area contributed by atoms with E-state index in [1.807, 2.05) is 60.6 Å². The van der Waals surface area contributed by atoms with Gasteiger partial charge in [-0.3, -0.25) is 4.98 Å². The summed E-state index contributed by atoms with van der Waals surface area (Å²) in [6, 6.07) is 13.8. The molecule has 2 N–H and O–H groups in total. The van der Waals surface area contributed by atoms with Gasteiger partial charge in [-0.1, -0.05) is 12.1 Å². The fourth-order valence-electron chi connectivity index (χ4n) is 3.52. The van der Waals surface area contributed by atoms with Gasteiger partial charge in [-0.15, -0.1) is 0 Å². The molecule has 2 unspecified atom stereocenters. The topological polar surface area (TPSA) is 66.2 Å². The van der Waals surface area contributed by atoms with Crippen molar-refractivity contribution in [3.63, 3.8) is 0 Å². The first-order valence-corrected chi connectivity index (χ1v) is 9.29. The molecule has 6 nitrogen and oxygen atoms in total. The summed E-state index contributed by atoms with van der Waals surface area (Å²) in [5.41, 5.74) is 3.07. The molecular formula is C20H21N5OS. The third-order valence-electron chi connectivity index (χ3n) is 4.76. The van der Waals surface area contributed by atoms with Gasteiger partial charge in [0.15, 0.2) is 5.11 Å². The van der Waals surface area contributed by atoms with Crippen LogP contribution in [-0.2, 0) is 0 Å². The number of aliphatic hydroxyl groups excluding tert-OH is 1. The van der Waals surface area contributed by atoms with Gasteiger partial charge in [-0.05, 0) is 55.0 Å². The molecule has 4 heterocycles. The molecule has 1 fully saturated rings. The summed E-state index contributed by atoms with van der Waals surface area (Å²) in [7, 11) is 0. The average Bonchev–Trinajstić information content (AvgIpc) is 3.28. The largest absolute Gasteiger partial charge is 0.395 e. The van der Waals surface area contributed by atoms with E-state index in [9.17, 15) is 5.11 Å². The van der Waals surface area contributed by atoms with E-state index in [2.05, 4.69) is 25.9 Å². The molecule has 0 spiro atoms. The number of aromatic nitrogens is 3. The van der Waals surface area contributed by atoms with Crippen molar-refractivity contribution in [3.05, 3.63) is 78.0 Å². The maximum atomic E-state index is 9.57. The van der Waals surface area contributed by atoms with Crippen LogP contribution in [0.3, 0.4) is 0 Å². The molecule has 3 aromatic rings. The molecule has 1 saturated heterocycles. The predicted molar refractivity (Wildman–Crippen MR) is 108 cm³/mol. The standard InChI is InChI=1S/C20H21N5OS/c1-14-7-8-17(22-13-14)24-10-4-6-16(24)19-18(15-5-2-3-9-21-15)23-20(27)25(19)11-12-26/h2-10,13,18-19,26H,11-12H2,1H3,(H,23,27). The molecule has 0 saturated carbocycles. The van der Waals surface area contributed by atoms with Gasteiger partial charge in [-0.25, -0.2) is 4.98 Å². The second-order valence-corrected chi connectivity index (χ2v) is 6.93. The number of thiocarbonyl (C=S) groups is 1. The number of nitrogens with one attached hydrogen (secondary N) is 1. The Morgan fingerprint density at radius 3 is 2.74 bits per heavy atom. The molecule has 1 aliphatic rings. The van der Waals surface area contributed by atoms with Crippen LogP contribution >= 0.6 is 12.2 Å². The number of rotatable bonds is 5. The molecule has 0 aliphatic carbocycles. The number of aliphatic hydroxyl groups is 1. The lowest BCUT2D eigenvalue weighted by Crippen LogP contribution is -2.33. The van der Waals surface area contributed by atoms with Crippen LogP contribution in [0.4, 0.5) is 0 Å². The van der Waals surface area contributed by atoms with Crippen molar-refractivity contribution >= 4 is 17.3 Å². The summed E-state index contributed by atoms with van der Waals surface area (Å²) >= 11 is 5.56. The lowest BCUT2D eigenvalue weighted by atomic mass is 10.0. The minimum Gasteiger partial charge on any atom is -0.395 e. The van der Waals surface area contributed by atoms with Gasteiger partial charge in [0.2, 0.25) is 0 Å². The summed E-state index contributed by atoms with van der Waals surface area (Å²) in [6.07, 6.45) is 5.64. The number of pyridine rings is 2. The molecule has 2 atom stereocenters. The Morgan fingerprint density at radius 1 is 1.15 bits per heavy atom. The SMILES string of the molecule is Cc1ccc(-n2cccc2C2C(c3ccccn3)NC(=S)N2CCO)nc1. The van der Waals surface area contributed by atoms with Crippen LogP contribution in [-0.4, -0.2) is 42.8 Å². The van der Waals surface area contributed by atoms with Gasteiger partial charge in [0.1, 0.15) is 5.82 Å². The molecule has 7 heteroatoms. The Labute approximate surface area is 163 Å². The number of hydrogen-bond donors (Lipinski definition) is 2. The first kappa shape index (κ1) is 17.6. The van der Waals surface area contributed by atoms with Gasteiger partial charge in [-0.2, -0.15) is 0 Å². The van der Waals surface area contributed by atoms with E-state index in [0.29, 0.717) is 11.7 Å². The molecule has 3 aromatic heterocycles. The smallest absolute Gasteiger partial charge is 0.170 e. The van der Waals surface area contributed by atoms with Crippen LogP contribution in [0.25, 0.3) is 5.82 Å². The Kier molecular flexibility index (Phi) is 4.87. The third kappa shape index (κ3) is 3.31. The fourth-order valence-corrected chi connectivity index (χ4v) is 3.85. The summed E-state index contributed by atoms with van der Waals surface area (Å²) in [4.78, 5) is 11.1. The van der Waals surface area contributed by atoms with Crippen LogP contribution in [0.15, 0.2) is 61.1 Å². The normalized spacial score (nSPS) is 19.3. The zero-order valence-corrected chi connectivity index (χ0v) is 15.8. The molecule has 0 bridgehead atoms. The maximum absolute atomic E-state index is 9.57. The molecule has 0 aromatic carbocycles. The number of β-amino-alcohol motifs (C(OH)–C–C–N with tert-alkyl or cyclic N) is 1. The van der Waals surface area contributed by atoms with Crippen molar-refractivity contribution in [1.29, 1.82) is 0 Å². The van der Waals surface area contributed by atoms with Crippen LogP contribution in [0.1, 0.15) is 29.0 Å². The third-order valence-corrected chi connectivity index (χ3v) is 5.12. The zero-order chi connectivity index (χ0) is 18.8. The average molecular weight is 379 g/mol. The van der Waals surface area contributed by atoms with Crippen LogP contribution in [0.5, 0.6) is 0 Å². The van der Waals surface area contributed by atoms with Gasteiger partial charge in [0, 0.05) is 30.8 Å². The summed E-state index contributed by atoms with van der Waals surface area (Å²) in [6.45, 7) is 2.50. The fraction of sp³-hybridized carbons (Fsp3) is 0.250. The second-order valence-electron chi connectivity index (χ2n) is 6.54. The first-order valence-electron chi connectivity index (χ1n) is 8.88. The highest BCUT2D eigenvalue weighted by Gasteiger charge is 2.40. The summed E-state index contributed by atoms with van der Waals surface area (Å²) in [5, 5.41) is 13.6. The lowest BCUT2D eigenvalue weighted by Gasteiger charge is -2.28. The lowest BCUT2D eigenvalue weighted by molar-refractivity contribution is 0.220. The molecule has 0 radical (unpaired) electrons. The van der Waals surface area contributed by atoms with E-state index in [4.69, 9.17) is 12.2 Å². The Balaban J connectivity index is 1.80. The Morgan fingerprint density at radius 2 is 2.04 bits per heavy atom. The Hall–Kier alpha value is -2.77. The van der Waals surface area contributed by atoms with Gasteiger partial charge in [0.05, 0.1) is 24.4 Å².